The van der Waals surface area contributed by atoms with Crippen molar-refractivity contribution >= 4 is 0 Å². The first kappa shape index (κ1) is 22.5. The molecule has 0 bridgehead atoms. The molecule has 0 radical (unpaired) electrons. The van der Waals surface area contributed by atoms with Gasteiger partial charge in [-0.05, 0) is 5.92 Å². The van der Waals surface area contributed by atoms with Crippen LogP contribution in [0.25, 0.3) is 0 Å². The molecular weight excluding hydrogens is 386 g/mol. The Balaban J connectivity index is 1.61. The Morgan fingerprint density at radius 2 is 1.52 bits per heavy atom. The average Bonchev–Trinajstić information content (AvgIpc) is 3.15. The second-order valence-electron chi connectivity index (χ2n) is 7.92. The first-order valence-electron chi connectivity index (χ1n) is 9.94. The van der Waals surface area contributed by atoms with Gasteiger partial charge in [0.1, 0.15) is 18.2 Å². The van der Waals surface area contributed by atoms with Crippen LogP contribution in [0.15, 0.2) is 6.20 Å². The van der Waals surface area contributed by atoms with E-state index in [1.54, 1.807) is 10.9 Å². The van der Waals surface area contributed by atoms with Gasteiger partial charge >= 0.3 is 0 Å². The lowest BCUT2D eigenvalue weighted by molar-refractivity contribution is -0.252. The van der Waals surface area contributed by atoms with Crippen molar-refractivity contribution in [2.24, 2.45) is 0 Å². The molecule has 0 amide bonds. The molecule has 166 valence electrons. The number of hydrogen-bond donors (Lipinski definition) is 4. The molecular formula is C18H31N3O8. The predicted molar refractivity (Wildman–Crippen MR) is 97.8 cm³/mol. The van der Waals surface area contributed by atoms with Gasteiger partial charge in [-0.1, -0.05) is 19.1 Å². The van der Waals surface area contributed by atoms with E-state index in [-0.39, 0.29) is 45.2 Å². The Bertz CT molecular complexity index is 600. The molecule has 29 heavy (non-hydrogen) atoms. The third kappa shape index (κ3) is 6.15. The van der Waals surface area contributed by atoms with Crippen LogP contribution >= 0.6 is 0 Å². The number of aromatic nitrogens is 3. The average molecular weight is 417 g/mol. The summed E-state index contributed by atoms with van der Waals surface area (Å²) in [6.07, 6.45) is -2.87. The van der Waals surface area contributed by atoms with Crippen molar-refractivity contribution in [3.05, 3.63) is 11.9 Å². The molecule has 0 aliphatic carbocycles. The minimum atomic E-state index is -0.938. The lowest BCUT2D eigenvalue weighted by Gasteiger charge is -2.33. The van der Waals surface area contributed by atoms with Crippen molar-refractivity contribution in [3.63, 3.8) is 0 Å². The van der Waals surface area contributed by atoms with E-state index in [1.807, 2.05) is 13.8 Å². The van der Waals surface area contributed by atoms with E-state index in [2.05, 4.69) is 10.3 Å². The zero-order valence-electron chi connectivity index (χ0n) is 16.7. The molecule has 2 fully saturated rings. The number of nitrogens with zero attached hydrogens (tertiary/aromatic N) is 3. The van der Waals surface area contributed by atoms with Crippen molar-refractivity contribution < 1.29 is 39.4 Å². The lowest BCUT2D eigenvalue weighted by Crippen LogP contribution is -2.44. The van der Waals surface area contributed by atoms with Gasteiger partial charge in [-0.15, -0.1) is 5.10 Å². The van der Waals surface area contributed by atoms with Crippen LogP contribution in [0.2, 0.25) is 0 Å². The van der Waals surface area contributed by atoms with Gasteiger partial charge in [0.15, 0.2) is 12.6 Å². The molecule has 1 aromatic heterocycles. The van der Waals surface area contributed by atoms with Gasteiger partial charge in [0.05, 0.1) is 44.3 Å². The highest BCUT2D eigenvalue weighted by Crippen LogP contribution is 2.21. The number of ether oxygens (including phenoxy) is 4. The zero-order valence-corrected chi connectivity index (χ0v) is 16.7. The van der Waals surface area contributed by atoms with Crippen LogP contribution in [0, 0.1) is 0 Å². The Hall–Kier alpha value is -1.18. The quantitative estimate of drug-likeness (QED) is 0.411. The molecule has 11 heteroatoms. The number of aliphatic hydroxyl groups is 4. The molecule has 4 N–H and O–H groups in total. The SMILES string of the molecule is CC(C)c1cn(C(COC2OCC(O)CC2O)COC2OCC(O)CC2O)nn1. The molecule has 1 aromatic rings. The summed E-state index contributed by atoms with van der Waals surface area (Å²) in [5.74, 6) is 0.196. The Kier molecular flexibility index (Phi) is 7.93. The second kappa shape index (κ2) is 10.2. The summed E-state index contributed by atoms with van der Waals surface area (Å²) < 4.78 is 23.8. The number of hydrogen-bond acceptors (Lipinski definition) is 10. The monoisotopic (exact) mass is 417 g/mol. The molecule has 0 spiro atoms. The van der Waals surface area contributed by atoms with E-state index in [0.717, 1.165) is 5.69 Å². The molecule has 2 aliphatic heterocycles. The lowest BCUT2D eigenvalue weighted by atomic mass is 10.1. The summed E-state index contributed by atoms with van der Waals surface area (Å²) in [6, 6.07) is -0.416. The summed E-state index contributed by atoms with van der Waals surface area (Å²) >= 11 is 0. The normalized spacial score (nSPS) is 34.4. The van der Waals surface area contributed by atoms with E-state index >= 15 is 0 Å². The summed E-state index contributed by atoms with van der Waals surface area (Å²) in [5, 5.41) is 47.5. The summed E-state index contributed by atoms with van der Waals surface area (Å²) in [4.78, 5) is 0. The van der Waals surface area contributed by atoms with E-state index in [0.29, 0.717) is 0 Å². The van der Waals surface area contributed by atoms with Crippen molar-refractivity contribution in [1.82, 2.24) is 15.0 Å². The minimum absolute atomic E-state index is 0.0914. The van der Waals surface area contributed by atoms with Gasteiger partial charge < -0.3 is 39.4 Å². The summed E-state index contributed by atoms with van der Waals surface area (Å²) in [7, 11) is 0. The van der Waals surface area contributed by atoms with E-state index in [9.17, 15) is 20.4 Å². The third-order valence-electron chi connectivity index (χ3n) is 4.96. The Labute approximate surface area is 169 Å². The van der Waals surface area contributed by atoms with Crippen molar-refractivity contribution in [2.45, 2.75) is 75.6 Å². The maximum Gasteiger partial charge on any atom is 0.183 e. The van der Waals surface area contributed by atoms with Crippen LogP contribution in [-0.4, -0.2) is 98.8 Å². The van der Waals surface area contributed by atoms with Crippen LogP contribution in [0.3, 0.4) is 0 Å². The number of aliphatic hydroxyl groups excluding tert-OH is 4. The highest BCUT2D eigenvalue weighted by atomic mass is 16.7. The van der Waals surface area contributed by atoms with Gasteiger partial charge in [-0.2, -0.15) is 0 Å². The minimum Gasteiger partial charge on any atom is -0.391 e. The smallest absolute Gasteiger partial charge is 0.183 e. The molecule has 6 unspecified atom stereocenters. The van der Waals surface area contributed by atoms with Gasteiger partial charge in [0, 0.05) is 19.0 Å². The fourth-order valence-electron chi connectivity index (χ4n) is 3.21. The van der Waals surface area contributed by atoms with Crippen LogP contribution in [0.4, 0.5) is 0 Å². The van der Waals surface area contributed by atoms with E-state index in [1.165, 1.54) is 0 Å². The summed E-state index contributed by atoms with van der Waals surface area (Å²) in [6.45, 7) is 4.40. The summed E-state index contributed by atoms with van der Waals surface area (Å²) in [5.41, 5.74) is 0.809. The van der Waals surface area contributed by atoms with Crippen molar-refractivity contribution in [1.29, 1.82) is 0 Å². The molecule has 2 aliphatic rings. The van der Waals surface area contributed by atoms with Gasteiger partial charge in [0.25, 0.3) is 0 Å². The fraction of sp³-hybridized carbons (Fsp3) is 0.889. The molecule has 0 saturated carbocycles. The molecule has 2 saturated heterocycles. The van der Waals surface area contributed by atoms with Crippen LogP contribution < -0.4 is 0 Å². The molecule has 3 heterocycles. The zero-order chi connectivity index (χ0) is 21.0. The topological polar surface area (TPSA) is 149 Å². The maximum atomic E-state index is 10.0. The largest absolute Gasteiger partial charge is 0.391 e. The molecule has 0 aromatic carbocycles. The Morgan fingerprint density at radius 1 is 1.00 bits per heavy atom. The van der Waals surface area contributed by atoms with Gasteiger partial charge in [-0.25, -0.2) is 4.68 Å². The standard InChI is InChI=1S/C18H31N3O8/c1-10(2)14-5-21(20-19-14)11(6-26-17-15(24)3-12(22)8-28-17)7-27-18-16(25)4-13(23)9-29-18/h5,10-13,15-18,22-25H,3-4,6-9H2,1-2H3. The van der Waals surface area contributed by atoms with E-state index in [4.69, 9.17) is 18.9 Å². The first-order valence-corrected chi connectivity index (χ1v) is 9.94. The molecule has 11 nitrogen and oxygen atoms in total. The predicted octanol–water partition coefficient (Wildman–Crippen LogP) is -1.09. The highest BCUT2D eigenvalue weighted by Gasteiger charge is 2.33. The van der Waals surface area contributed by atoms with Crippen molar-refractivity contribution in [3.8, 4) is 0 Å². The van der Waals surface area contributed by atoms with Gasteiger partial charge in [0.2, 0.25) is 0 Å². The van der Waals surface area contributed by atoms with Crippen LogP contribution in [0.5, 0.6) is 0 Å². The molecule has 6 atom stereocenters. The van der Waals surface area contributed by atoms with Gasteiger partial charge in [-0.3, -0.25) is 0 Å². The fourth-order valence-corrected chi connectivity index (χ4v) is 3.21. The van der Waals surface area contributed by atoms with Crippen LogP contribution in [-0.2, 0) is 18.9 Å². The maximum absolute atomic E-state index is 10.0. The third-order valence-corrected chi connectivity index (χ3v) is 4.96. The second-order valence-corrected chi connectivity index (χ2v) is 7.92. The molecule has 3 rings (SSSR count). The van der Waals surface area contributed by atoms with E-state index < -0.39 is 43.0 Å². The Morgan fingerprint density at radius 3 is 1.93 bits per heavy atom. The number of rotatable bonds is 8. The highest BCUT2D eigenvalue weighted by molar-refractivity contribution is 4.99. The first-order chi connectivity index (χ1) is 13.8. The van der Waals surface area contributed by atoms with Crippen LogP contribution in [0.1, 0.15) is 44.3 Å². The van der Waals surface area contributed by atoms with Crippen molar-refractivity contribution in [2.75, 3.05) is 26.4 Å².